The van der Waals surface area contributed by atoms with Gasteiger partial charge in [0.25, 0.3) is 0 Å². The van der Waals surface area contributed by atoms with E-state index < -0.39 is 11.7 Å². The van der Waals surface area contributed by atoms with Crippen molar-refractivity contribution in [2.24, 2.45) is 0 Å². The van der Waals surface area contributed by atoms with Gasteiger partial charge in [-0.25, -0.2) is 0 Å². The van der Waals surface area contributed by atoms with Crippen LogP contribution in [0.4, 0.5) is 13.2 Å². The molecule has 0 aliphatic carbocycles. The van der Waals surface area contributed by atoms with Crippen molar-refractivity contribution in [3.05, 3.63) is 71.3 Å². The van der Waals surface area contributed by atoms with Gasteiger partial charge in [-0.05, 0) is 23.6 Å². The fraction of sp³-hybridized carbons (Fsp3) is 0.250. The minimum atomic E-state index is -4.31. The average Bonchev–Trinajstić information content (AvgIpc) is 2.44. The van der Waals surface area contributed by atoms with Crippen LogP contribution in [-0.4, -0.2) is 6.61 Å². The Morgan fingerprint density at radius 1 is 0.850 bits per heavy atom. The Balaban J connectivity index is 1.89. The van der Waals surface area contributed by atoms with Gasteiger partial charge in [0.15, 0.2) is 0 Å². The van der Waals surface area contributed by atoms with Crippen LogP contribution < -0.4 is 0 Å². The fourth-order valence-corrected chi connectivity index (χ4v) is 1.96. The highest BCUT2D eigenvalue weighted by Gasteiger charge is 2.32. The van der Waals surface area contributed by atoms with Crippen molar-refractivity contribution < 1.29 is 17.9 Å². The number of ether oxygens (including phenoxy) is 1. The predicted octanol–water partition coefficient (Wildman–Crippen LogP) is 4.46. The summed E-state index contributed by atoms with van der Waals surface area (Å²) in [6.45, 7) is 0.678. The Labute approximate surface area is 116 Å². The molecule has 1 nitrogen and oxygen atoms in total. The highest BCUT2D eigenvalue weighted by molar-refractivity contribution is 5.29. The molecule has 2 aromatic carbocycles. The SMILES string of the molecule is FC(F)(F)c1ccccc1CCOCc1ccccc1. The van der Waals surface area contributed by atoms with E-state index in [9.17, 15) is 13.2 Å². The highest BCUT2D eigenvalue weighted by atomic mass is 19.4. The van der Waals surface area contributed by atoms with Gasteiger partial charge >= 0.3 is 6.18 Å². The van der Waals surface area contributed by atoms with Crippen molar-refractivity contribution >= 4 is 0 Å². The zero-order chi connectivity index (χ0) is 14.4. The van der Waals surface area contributed by atoms with Crippen molar-refractivity contribution in [3.63, 3.8) is 0 Å². The largest absolute Gasteiger partial charge is 0.416 e. The molecule has 0 aromatic heterocycles. The monoisotopic (exact) mass is 280 g/mol. The summed E-state index contributed by atoms with van der Waals surface area (Å²) in [5, 5.41) is 0. The summed E-state index contributed by atoms with van der Waals surface area (Å²) >= 11 is 0. The van der Waals surface area contributed by atoms with E-state index in [0.29, 0.717) is 6.61 Å². The van der Waals surface area contributed by atoms with Gasteiger partial charge in [-0.3, -0.25) is 0 Å². The normalized spacial score (nSPS) is 11.6. The number of hydrogen-bond acceptors (Lipinski definition) is 1. The molecule has 2 rings (SSSR count). The van der Waals surface area contributed by atoms with Crippen LogP contribution in [0.15, 0.2) is 54.6 Å². The van der Waals surface area contributed by atoms with Gasteiger partial charge in [0, 0.05) is 0 Å². The quantitative estimate of drug-likeness (QED) is 0.734. The smallest absolute Gasteiger partial charge is 0.376 e. The van der Waals surface area contributed by atoms with Crippen molar-refractivity contribution in [1.29, 1.82) is 0 Å². The maximum atomic E-state index is 12.8. The summed E-state index contributed by atoms with van der Waals surface area (Å²) in [5.41, 5.74) is 0.702. The average molecular weight is 280 g/mol. The van der Waals surface area contributed by atoms with Gasteiger partial charge in [0.2, 0.25) is 0 Å². The number of alkyl halides is 3. The Hall–Kier alpha value is -1.81. The number of hydrogen-bond donors (Lipinski definition) is 0. The molecule has 0 saturated carbocycles. The van der Waals surface area contributed by atoms with E-state index in [1.807, 2.05) is 30.3 Å². The van der Waals surface area contributed by atoms with Crippen LogP contribution in [0.1, 0.15) is 16.7 Å². The minimum Gasteiger partial charge on any atom is -0.376 e. The minimum absolute atomic E-state index is 0.252. The molecule has 4 heteroatoms. The third-order valence-electron chi connectivity index (χ3n) is 2.95. The summed E-state index contributed by atoms with van der Waals surface area (Å²) in [5.74, 6) is 0. The Kier molecular flexibility index (Phi) is 4.79. The standard InChI is InChI=1S/C16H15F3O/c17-16(18,19)15-9-5-4-8-14(15)10-11-20-12-13-6-2-1-3-7-13/h1-9H,10-12H2. The van der Waals surface area contributed by atoms with Crippen LogP contribution in [0.5, 0.6) is 0 Å². The third kappa shape index (κ3) is 4.10. The first kappa shape index (κ1) is 14.6. The molecule has 0 saturated heterocycles. The second kappa shape index (κ2) is 6.57. The van der Waals surface area contributed by atoms with Crippen molar-refractivity contribution in [3.8, 4) is 0 Å². The predicted molar refractivity (Wildman–Crippen MR) is 71.2 cm³/mol. The van der Waals surface area contributed by atoms with Crippen molar-refractivity contribution in [1.82, 2.24) is 0 Å². The van der Waals surface area contributed by atoms with Crippen LogP contribution in [0.2, 0.25) is 0 Å². The molecule has 0 amide bonds. The Morgan fingerprint density at radius 2 is 1.50 bits per heavy atom. The third-order valence-corrected chi connectivity index (χ3v) is 2.95. The van der Waals surface area contributed by atoms with E-state index in [-0.39, 0.29) is 18.6 Å². The molecule has 0 heterocycles. The molecule has 0 aliphatic heterocycles. The molecule has 0 bridgehead atoms. The number of benzene rings is 2. The Morgan fingerprint density at radius 3 is 2.20 bits per heavy atom. The first-order valence-corrected chi connectivity index (χ1v) is 6.34. The number of rotatable bonds is 5. The second-order valence-corrected chi connectivity index (χ2v) is 4.44. The molecule has 0 unspecified atom stereocenters. The maximum Gasteiger partial charge on any atom is 0.416 e. The van der Waals surface area contributed by atoms with Crippen LogP contribution in [-0.2, 0) is 23.9 Å². The van der Waals surface area contributed by atoms with E-state index in [0.717, 1.165) is 11.6 Å². The van der Waals surface area contributed by atoms with Gasteiger partial charge < -0.3 is 4.74 Å². The van der Waals surface area contributed by atoms with E-state index in [1.165, 1.54) is 12.1 Å². The molecule has 0 N–H and O–H groups in total. The summed E-state index contributed by atoms with van der Waals surface area (Å²) in [6.07, 6.45) is -4.06. The van der Waals surface area contributed by atoms with Crippen LogP contribution in [0.25, 0.3) is 0 Å². The molecule has 0 aliphatic rings. The van der Waals surface area contributed by atoms with Gasteiger partial charge in [-0.1, -0.05) is 48.5 Å². The lowest BCUT2D eigenvalue weighted by Gasteiger charge is -2.12. The van der Waals surface area contributed by atoms with Crippen molar-refractivity contribution in [2.45, 2.75) is 19.2 Å². The highest BCUT2D eigenvalue weighted by Crippen LogP contribution is 2.31. The lowest BCUT2D eigenvalue weighted by molar-refractivity contribution is -0.138. The summed E-state index contributed by atoms with van der Waals surface area (Å²) in [6, 6.07) is 15.2. The zero-order valence-corrected chi connectivity index (χ0v) is 10.9. The molecule has 0 radical (unpaired) electrons. The fourth-order valence-electron chi connectivity index (χ4n) is 1.96. The van der Waals surface area contributed by atoms with Crippen LogP contribution >= 0.6 is 0 Å². The van der Waals surface area contributed by atoms with E-state index in [1.54, 1.807) is 6.07 Å². The molecule has 106 valence electrons. The molecule has 0 atom stereocenters. The zero-order valence-electron chi connectivity index (χ0n) is 10.9. The van der Waals surface area contributed by atoms with Crippen molar-refractivity contribution in [2.75, 3.05) is 6.61 Å². The lowest BCUT2D eigenvalue weighted by atomic mass is 10.0. The van der Waals surface area contributed by atoms with E-state index in [2.05, 4.69) is 0 Å². The molecule has 2 aromatic rings. The summed E-state index contributed by atoms with van der Waals surface area (Å²) in [4.78, 5) is 0. The molecule has 20 heavy (non-hydrogen) atoms. The second-order valence-electron chi connectivity index (χ2n) is 4.44. The first-order chi connectivity index (χ1) is 9.57. The van der Waals surface area contributed by atoms with Gasteiger partial charge in [0.05, 0.1) is 18.8 Å². The number of halogens is 3. The van der Waals surface area contributed by atoms with E-state index >= 15 is 0 Å². The first-order valence-electron chi connectivity index (χ1n) is 6.34. The van der Waals surface area contributed by atoms with Crippen LogP contribution in [0.3, 0.4) is 0 Å². The Bertz CT molecular complexity index is 535. The molecular weight excluding hydrogens is 265 g/mol. The summed E-state index contributed by atoms with van der Waals surface area (Å²) < 4.78 is 43.8. The van der Waals surface area contributed by atoms with E-state index in [4.69, 9.17) is 4.74 Å². The topological polar surface area (TPSA) is 9.23 Å². The van der Waals surface area contributed by atoms with Crippen LogP contribution in [0, 0.1) is 0 Å². The lowest BCUT2D eigenvalue weighted by Crippen LogP contribution is -2.10. The summed E-state index contributed by atoms with van der Waals surface area (Å²) in [7, 11) is 0. The van der Waals surface area contributed by atoms with Gasteiger partial charge in [0.1, 0.15) is 0 Å². The van der Waals surface area contributed by atoms with Gasteiger partial charge in [-0.2, -0.15) is 13.2 Å². The molecule has 0 fully saturated rings. The molecular formula is C16H15F3O. The van der Waals surface area contributed by atoms with Gasteiger partial charge in [-0.15, -0.1) is 0 Å². The maximum absolute atomic E-state index is 12.8. The molecule has 0 spiro atoms.